The third-order valence-electron chi connectivity index (χ3n) is 4.57. The molecule has 7 heteroatoms. The lowest BCUT2D eigenvalue weighted by Crippen LogP contribution is -2.46. The van der Waals surface area contributed by atoms with Gasteiger partial charge in [-0.2, -0.15) is 13.2 Å². The van der Waals surface area contributed by atoms with E-state index in [1.807, 2.05) is 24.3 Å². The van der Waals surface area contributed by atoms with Crippen molar-refractivity contribution < 1.29 is 17.6 Å². The number of hydrogen-bond donors (Lipinski definition) is 0. The second kappa shape index (κ2) is 7.84. The van der Waals surface area contributed by atoms with Gasteiger partial charge in [0, 0.05) is 38.6 Å². The predicted molar refractivity (Wildman–Crippen MR) is 94.9 cm³/mol. The van der Waals surface area contributed by atoms with E-state index in [1.54, 1.807) is 4.90 Å². The molecular formula is C19H19ClF4N2. The van der Waals surface area contributed by atoms with E-state index in [4.69, 9.17) is 11.6 Å². The molecule has 0 atom stereocenters. The molecule has 1 aliphatic heterocycles. The minimum Gasteiger partial charge on any atom is -0.367 e. The van der Waals surface area contributed by atoms with Crippen LogP contribution >= 0.6 is 11.6 Å². The minimum atomic E-state index is -4.53. The van der Waals surface area contributed by atoms with Crippen molar-refractivity contribution in [1.82, 2.24) is 4.90 Å². The van der Waals surface area contributed by atoms with Crippen LogP contribution in [-0.2, 0) is 18.6 Å². The van der Waals surface area contributed by atoms with Crippen LogP contribution < -0.4 is 4.90 Å². The Morgan fingerprint density at radius 1 is 0.885 bits per heavy atom. The average Bonchev–Trinajstić information content (AvgIpc) is 2.62. The standard InChI is InChI=1S/C19H19ClF4N2/c20-12-14-1-3-15(4-2-14)13-25-7-9-26(10-8-25)18-6-5-16(11-17(18)21)19(22,23)24/h1-6,11H,7-10,12-13H2. The number of hydrogen-bond acceptors (Lipinski definition) is 2. The maximum absolute atomic E-state index is 14.1. The summed E-state index contributed by atoms with van der Waals surface area (Å²) in [5.41, 5.74) is 1.51. The van der Waals surface area contributed by atoms with Crippen LogP contribution in [0.1, 0.15) is 16.7 Å². The van der Waals surface area contributed by atoms with Gasteiger partial charge in [0.15, 0.2) is 0 Å². The number of benzene rings is 2. The SMILES string of the molecule is Fc1cc(C(F)(F)F)ccc1N1CCN(Cc2ccc(CCl)cc2)CC1. The molecule has 0 amide bonds. The predicted octanol–water partition coefficient (Wildman–Crippen LogP) is 4.91. The third kappa shape index (κ3) is 4.48. The average molecular weight is 387 g/mol. The number of alkyl halides is 4. The molecule has 1 aliphatic rings. The van der Waals surface area contributed by atoms with Gasteiger partial charge in [-0.25, -0.2) is 4.39 Å². The zero-order valence-corrected chi connectivity index (χ0v) is 14.8. The molecule has 0 bridgehead atoms. The molecule has 1 heterocycles. The number of piperazine rings is 1. The maximum Gasteiger partial charge on any atom is 0.416 e. The first-order chi connectivity index (χ1) is 12.4. The van der Waals surface area contributed by atoms with E-state index in [-0.39, 0.29) is 5.69 Å². The molecule has 0 saturated carbocycles. The van der Waals surface area contributed by atoms with E-state index in [2.05, 4.69) is 4.90 Å². The summed E-state index contributed by atoms with van der Waals surface area (Å²) in [6.07, 6.45) is -4.53. The van der Waals surface area contributed by atoms with Gasteiger partial charge in [0.2, 0.25) is 0 Å². The first-order valence-corrected chi connectivity index (χ1v) is 8.88. The summed E-state index contributed by atoms with van der Waals surface area (Å²) in [7, 11) is 0. The van der Waals surface area contributed by atoms with Gasteiger partial charge in [-0.3, -0.25) is 4.90 Å². The number of nitrogens with zero attached hydrogens (tertiary/aromatic N) is 2. The zero-order chi connectivity index (χ0) is 18.7. The van der Waals surface area contributed by atoms with E-state index in [1.165, 1.54) is 11.6 Å². The zero-order valence-electron chi connectivity index (χ0n) is 14.1. The second-order valence-corrected chi connectivity index (χ2v) is 6.64. The fourth-order valence-corrected chi connectivity index (χ4v) is 3.26. The summed E-state index contributed by atoms with van der Waals surface area (Å²) in [6.45, 7) is 3.37. The van der Waals surface area contributed by atoms with Crippen molar-refractivity contribution in [2.24, 2.45) is 0 Å². The van der Waals surface area contributed by atoms with Crippen LogP contribution in [0, 0.1) is 5.82 Å². The first kappa shape index (κ1) is 19.0. The quantitative estimate of drug-likeness (QED) is 0.544. The van der Waals surface area contributed by atoms with Crippen molar-refractivity contribution in [3.8, 4) is 0 Å². The van der Waals surface area contributed by atoms with Crippen LogP contribution in [0.5, 0.6) is 0 Å². The Hall–Kier alpha value is -1.79. The molecule has 0 N–H and O–H groups in total. The van der Waals surface area contributed by atoms with Gasteiger partial charge >= 0.3 is 6.18 Å². The van der Waals surface area contributed by atoms with E-state index in [9.17, 15) is 17.6 Å². The largest absolute Gasteiger partial charge is 0.416 e. The number of rotatable bonds is 4. The lowest BCUT2D eigenvalue weighted by molar-refractivity contribution is -0.137. The molecular weight excluding hydrogens is 368 g/mol. The molecule has 1 fully saturated rings. The monoisotopic (exact) mass is 386 g/mol. The molecule has 2 aromatic rings. The third-order valence-corrected chi connectivity index (χ3v) is 4.88. The van der Waals surface area contributed by atoms with Gasteiger partial charge in [-0.1, -0.05) is 24.3 Å². The van der Waals surface area contributed by atoms with Crippen LogP contribution in [0.15, 0.2) is 42.5 Å². The van der Waals surface area contributed by atoms with Gasteiger partial charge < -0.3 is 4.90 Å². The summed E-state index contributed by atoms with van der Waals surface area (Å²) in [5.74, 6) is -0.345. The Bertz CT molecular complexity index is 738. The van der Waals surface area contributed by atoms with Gasteiger partial charge in [0.25, 0.3) is 0 Å². The topological polar surface area (TPSA) is 6.48 Å². The smallest absolute Gasteiger partial charge is 0.367 e. The Morgan fingerprint density at radius 3 is 2.04 bits per heavy atom. The second-order valence-electron chi connectivity index (χ2n) is 6.38. The van der Waals surface area contributed by atoms with E-state index in [0.29, 0.717) is 25.0 Å². The summed E-state index contributed by atoms with van der Waals surface area (Å²) in [4.78, 5) is 4.04. The Morgan fingerprint density at radius 2 is 1.50 bits per heavy atom. The normalized spacial score (nSPS) is 16.1. The van der Waals surface area contributed by atoms with E-state index in [0.717, 1.165) is 31.3 Å². The number of anilines is 1. The molecule has 26 heavy (non-hydrogen) atoms. The summed E-state index contributed by atoms with van der Waals surface area (Å²) in [5, 5.41) is 0. The van der Waals surface area contributed by atoms with Crippen LogP contribution in [0.2, 0.25) is 0 Å². The van der Waals surface area contributed by atoms with Crippen molar-refractivity contribution in [3.63, 3.8) is 0 Å². The highest BCUT2D eigenvalue weighted by Gasteiger charge is 2.31. The highest BCUT2D eigenvalue weighted by atomic mass is 35.5. The summed E-state index contributed by atoms with van der Waals surface area (Å²) in [6, 6.07) is 10.8. The fraction of sp³-hybridized carbons (Fsp3) is 0.368. The molecule has 1 saturated heterocycles. The van der Waals surface area contributed by atoms with Crippen LogP contribution in [0.3, 0.4) is 0 Å². The van der Waals surface area contributed by atoms with Gasteiger partial charge in [-0.05, 0) is 29.3 Å². The van der Waals surface area contributed by atoms with Crippen molar-refractivity contribution in [2.75, 3.05) is 31.1 Å². The van der Waals surface area contributed by atoms with Gasteiger partial charge in [0.1, 0.15) is 5.82 Å². The number of halogens is 5. The molecule has 0 aromatic heterocycles. The molecule has 2 aromatic carbocycles. The van der Waals surface area contributed by atoms with Crippen molar-refractivity contribution >= 4 is 17.3 Å². The van der Waals surface area contributed by atoms with Crippen LogP contribution in [0.25, 0.3) is 0 Å². The van der Waals surface area contributed by atoms with Crippen molar-refractivity contribution in [1.29, 1.82) is 0 Å². The van der Waals surface area contributed by atoms with E-state index < -0.39 is 17.6 Å². The molecule has 0 radical (unpaired) electrons. The van der Waals surface area contributed by atoms with Crippen LogP contribution in [0.4, 0.5) is 23.2 Å². The highest BCUT2D eigenvalue weighted by molar-refractivity contribution is 6.17. The fourth-order valence-electron chi connectivity index (χ4n) is 3.08. The minimum absolute atomic E-state index is 0.226. The van der Waals surface area contributed by atoms with Crippen molar-refractivity contribution in [3.05, 3.63) is 65.0 Å². The lowest BCUT2D eigenvalue weighted by atomic mass is 10.1. The van der Waals surface area contributed by atoms with Crippen molar-refractivity contribution in [2.45, 2.75) is 18.6 Å². The Labute approximate surface area is 155 Å². The Balaban J connectivity index is 1.59. The molecule has 3 rings (SSSR count). The maximum atomic E-state index is 14.1. The molecule has 140 valence electrons. The molecule has 2 nitrogen and oxygen atoms in total. The summed E-state index contributed by atoms with van der Waals surface area (Å²) < 4.78 is 52.1. The molecule has 0 spiro atoms. The van der Waals surface area contributed by atoms with Gasteiger partial charge in [-0.15, -0.1) is 11.6 Å². The lowest BCUT2D eigenvalue weighted by Gasteiger charge is -2.36. The highest BCUT2D eigenvalue weighted by Crippen LogP contribution is 2.32. The molecule has 0 aliphatic carbocycles. The first-order valence-electron chi connectivity index (χ1n) is 8.34. The van der Waals surface area contributed by atoms with Gasteiger partial charge in [0.05, 0.1) is 11.3 Å². The molecule has 0 unspecified atom stereocenters. The van der Waals surface area contributed by atoms with Crippen LogP contribution in [-0.4, -0.2) is 31.1 Å². The summed E-state index contributed by atoms with van der Waals surface area (Å²) >= 11 is 5.78. The van der Waals surface area contributed by atoms with E-state index >= 15 is 0 Å². The Kier molecular flexibility index (Phi) is 5.73.